The van der Waals surface area contributed by atoms with Gasteiger partial charge in [0.25, 0.3) is 5.91 Å². The molecule has 1 saturated heterocycles. The van der Waals surface area contributed by atoms with Crippen LogP contribution in [0.25, 0.3) is 5.65 Å². The lowest BCUT2D eigenvalue weighted by molar-refractivity contribution is -0.138. The molecule has 3 atom stereocenters. The molecule has 7 nitrogen and oxygen atoms in total. The molecule has 0 spiro atoms. The molecule has 0 bridgehead atoms. The van der Waals surface area contributed by atoms with E-state index in [2.05, 4.69) is 10.2 Å². The lowest BCUT2D eigenvalue weighted by Crippen LogP contribution is -2.31. The molecule has 0 unspecified atom stereocenters. The zero-order chi connectivity index (χ0) is 23.3. The summed E-state index contributed by atoms with van der Waals surface area (Å²) >= 11 is 0. The fourth-order valence-corrected chi connectivity index (χ4v) is 5.25. The van der Waals surface area contributed by atoms with Crippen LogP contribution in [0, 0.1) is 11.8 Å². The van der Waals surface area contributed by atoms with Gasteiger partial charge in [-0.15, -0.1) is 10.2 Å². The van der Waals surface area contributed by atoms with Gasteiger partial charge in [0.15, 0.2) is 5.65 Å². The van der Waals surface area contributed by atoms with Crippen molar-refractivity contribution in [3.05, 3.63) is 65.1 Å². The average Bonchev–Trinajstić information content (AvgIpc) is 3.50. The molecule has 5 rings (SSSR count). The van der Waals surface area contributed by atoms with E-state index in [1.807, 2.05) is 0 Å². The lowest BCUT2D eigenvalue weighted by Gasteiger charge is -2.21. The second kappa shape index (κ2) is 7.86. The fourth-order valence-electron chi connectivity index (χ4n) is 5.25. The summed E-state index contributed by atoms with van der Waals surface area (Å²) in [5, 5.41) is 8.01. The van der Waals surface area contributed by atoms with Crippen molar-refractivity contribution in [1.29, 1.82) is 0 Å². The summed E-state index contributed by atoms with van der Waals surface area (Å²) in [6.45, 7) is 0.916. The van der Waals surface area contributed by atoms with Crippen LogP contribution in [0.15, 0.2) is 42.6 Å². The Hall–Kier alpha value is -3.43. The van der Waals surface area contributed by atoms with Gasteiger partial charge in [0.05, 0.1) is 18.2 Å². The van der Waals surface area contributed by atoms with Gasteiger partial charge in [0.1, 0.15) is 0 Å². The summed E-state index contributed by atoms with van der Waals surface area (Å²) in [5.41, 5.74) is 0.466. The maximum Gasteiger partial charge on any atom is 0.416 e. The molecule has 1 aliphatic heterocycles. The zero-order valence-corrected chi connectivity index (χ0v) is 17.7. The van der Waals surface area contributed by atoms with Crippen molar-refractivity contribution in [2.75, 3.05) is 20.2 Å². The predicted octanol–water partition coefficient (Wildman–Crippen LogP) is 3.80. The molecule has 2 aromatic heterocycles. The highest BCUT2D eigenvalue weighted by Crippen LogP contribution is 2.49. The smallest absolute Gasteiger partial charge is 0.416 e. The van der Waals surface area contributed by atoms with E-state index in [0.29, 0.717) is 37.1 Å². The molecule has 1 aliphatic carbocycles. The van der Waals surface area contributed by atoms with Gasteiger partial charge in [-0.1, -0.05) is 18.2 Å². The number of benzene rings is 1. The number of likely N-dealkylation sites (tertiary alicyclic amines) is 1. The quantitative estimate of drug-likeness (QED) is 0.558. The van der Waals surface area contributed by atoms with E-state index < -0.39 is 17.7 Å². The minimum atomic E-state index is -4.38. The number of methoxy groups -OCH3 is 1. The van der Waals surface area contributed by atoms with Gasteiger partial charge in [-0.3, -0.25) is 9.20 Å². The zero-order valence-electron chi connectivity index (χ0n) is 17.7. The van der Waals surface area contributed by atoms with Crippen LogP contribution in [0.3, 0.4) is 0 Å². The minimum absolute atomic E-state index is 0.0923. The van der Waals surface area contributed by atoms with Crippen molar-refractivity contribution in [3.63, 3.8) is 0 Å². The van der Waals surface area contributed by atoms with Crippen molar-refractivity contribution in [2.45, 2.75) is 24.9 Å². The number of hydrogen-bond donors (Lipinski definition) is 0. The number of carbonyl (C=O) groups excluding carboxylic acids is 2. The Balaban J connectivity index is 1.33. The third kappa shape index (κ3) is 3.73. The average molecular weight is 458 g/mol. The first kappa shape index (κ1) is 21.4. The second-order valence-corrected chi connectivity index (χ2v) is 8.64. The highest BCUT2D eigenvalue weighted by atomic mass is 19.4. The Morgan fingerprint density at radius 3 is 2.39 bits per heavy atom. The van der Waals surface area contributed by atoms with Gasteiger partial charge < -0.3 is 9.64 Å². The number of ether oxygens (including phenoxy) is 1. The van der Waals surface area contributed by atoms with Crippen molar-refractivity contribution < 1.29 is 27.5 Å². The molecule has 172 valence electrons. The van der Waals surface area contributed by atoms with Crippen molar-refractivity contribution >= 4 is 17.5 Å². The molecule has 3 heterocycles. The summed E-state index contributed by atoms with van der Waals surface area (Å²) in [7, 11) is 1.27. The predicted molar refractivity (Wildman–Crippen MR) is 111 cm³/mol. The van der Waals surface area contributed by atoms with Crippen LogP contribution in [0.5, 0.6) is 0 Å². The van der Waals surface area contributed by atoms with E-state index in [4.69, 9.17) is 4.74 Å². The van der Waals surface area contributed by atoms with Crippen LogP contribution in [-0.4, -0.2) is 51.6 Å². The van der Waals surface area contributed by atoms with Crippen LogP contribution < -0.4 is 0 Å². The van der Waals surface area contributed by atoms with Crippen LogP contribution in [0.1, 0.15) is 50.9 Å². The van der Waals surface area contributed by atoms with Gasteiger partial charge >= 0.3 is 12.1 Å². The Morgan fingerprint density at radius 1 is 1.03 bits per heavy atom. The standard InChI is InChI=1S/C23H21F3N4O3/c1-33-22(32)13-6-7-19-27-28-20(30(19)12-13)21(31)29-10-15-8-14(9-16(15)11-29)17-4-2-3-5-18(17)23(24,25)26/h2-7,12,14-16H,8-11H2,1H3/t14-,15+,16-. The molecule has 2 aliphatic rings. The summed E-state index contributed by atoms with van der Waals surface area (Å²) in [6.07, 6.45) is -1.70. The number of pyridine rings is 1. The third-order valence-corrected chi connectivity index (χ3v) is 6.76. The number of hydrogen-bond acceptors (Lipinski definition) is 5. The van der Waals surface area contributed by atoms with Crippen LogP contribution in [0.2, 0.25) is 0 Å². The van der Waals surface area contributed by atoms with E-state index in [0.717, 1.165) is 6.07 Å². The number of nitrogens with zero attached hydrogens (tertiary/aromatic N) is 4. The molecule has 1 aromatic carbocycles. The van der Waals surface area contributed by atoms with Crippen LogP contribution in [-0.2, 0) is 10.9 Å². The van der Waals surface area contributed by atoms with E-state index in [1.165, 1.54) is 23.8 Å². The van der Waals surface area contributed by atoms with Crippen LogP contribution >= 0.6 is 0 Å². The van der Waals surface area contributed by atoms with Gasteiger partial charge in [-0.25, -0.2) is 4.79 Å². The highest BCUT2D eigenvalue weighted by molar-refractivity contribution is 5.93. The van der Waals surface area contributed by atoms with E-state index in [1.54, 1.807) is 29.2 Å². The number of alkyl halides is 3. The highest BCUT2D eigenvalue weighted by Gasteiger charge is 2.45. The first-order valence-corrected chi connectivity index (χ1v) is 10.6. The van der Waals surface area contributed by atoms with Crippen molar-refractivity contribution in [1.82, 2.24) is 19.5 Å². The maximum atomic E-state index is 13.4. The number of esters is 1. The molecule has 1 amide bonds. The van der Waals surface area contributed by atoms with Gasteiger partial charge in [-0.2, -0.15) is 13.2 Å². The lowest BCUT2D eigenvalue weighted by atomic mass is 9.91. The van der Waals surface area contributed by atoms with E-state index in [9.17, 15) is 22.8 Å². The van der Waals surface area contributed by atoms with Gasteiger partial charge in [0.2, 0.25) is 5.82 Å². The monoisotopic (exact) mass is 458 g/mol. The topological polar surface area (TPSA) is 76.8 Å². The number of amides is 1. The molecular weight excluding hydrogens is 437 g/mol. The van der Waals surface area contributed by atoms with E-state index >= 15 is 0 Å². The molecule has 3 aromatic rings. The summed E-state index contributed by atoms with van der Waals surface area (Å²) in [4.78, 5) is 26.7. The Labute approximate surface area is 187 Å². The first-order valence-electron chi connectivity index (χ1n) is 10.6. The van der Waals surface area contributed by atoms with Gasteiger partial charge in [-0.05, 0) is 54.4 Å². The van der Waals surface area contributed by atoms with Crippen LogP contribution in [0.4, 0.5) is 13.2 Å². The number of rotatable bonds is 3. The summed E-state index contributed by atoms with van der Waals surface area (Å²) in [5.74, 6) is -0.674. The Morgan fingerprint density at radius 2 is 1.73 bits per heavy atom. The molecule has 33 heavy (non-hydrogen) atoms. The molecular formula is C23H21F3N4O3. The molecule has 10 heteroatoms. The second-order valence-electron chi connectivity index (χ2n) is 8.64. The minimum Gasteiger partial charge on any atom is -0.465 e. The molecule has 1 saturated carbocycles. The van der Waals surface area contributed by atoms with Gasteiger partial charge in [0, 0.05) is 19.3 Å². The number of aromatic nitrogens is 3. The molecule has 0 N–H and O–H groups in total. The number of carbonyl (C=O) groups is 2. The Kier molecular flexibility index (Phi) is 5.10. The SMILES string of the molecule is COC(=O)c1ccc2nnc(C(=O)N3C[C@H]4C[C@H](c5ccccc5C(F)(F)F)C[C@H]4C3)n2c1. The van der Waals surface area contributed by atoms with Crippen molar-refractivity contribution in [3.8, 4) is 0 Å². The Bertz CT molecular complexity index is 1230. The van der Waals surface area contributed by atoms with Crippen molar-refractivity contribution in [2.24, 2.45) is 11.8 Å². The molecule has 2 fully saturated rings. The normalized spacial score (nSPS) is 22.5. The number of halogens is 3. The summed E-state index contributed by atoms with van der Waals surface area (Å²) in [6, 6.07) is 8.89. The molecule has 0 radical (unpaired) electrons. The third-order valence-electron chi connectivity index (χ3n) is 6.76. The largest absolute Gasteiger partial charge is 0.465 e. The number of fused-ring (bicyclic) bond motifs is 2. The van der Waals surface area contributed by atoms with E-state index in [-0.39, 0.29) is 35.0 Å². The summed E-state index contributed by atoms with van der Waals surface area (Å²) < 4.78 is 46.5. The fraction of sp³-hybridized carbons (Fsp3) is 0.391. The maximum absolute atomic E-state index is 13.4. The first-order chi connectivity index (χ1) is 15.8.